The maximum Gasteiger partial charge on any atom is 0.240 e. The van der Waals surface area contributed by atoms with E-state index >= 15 is 0 Å². The third kappa shape index (κ3) is 3.82. The first kappa shape index (κ1) is 18.2. The number of benzene rings is 2. The molecule has 2 N–H and O–H groups in total. The van der Waals surface area contributed by atoms with Gasteiger partial charge in [-0.25, -0.2) is 17.9 Å². The molecule has 1 heterocycles. The van der Waals surface area contributed by atoms with Crippen molar-refractivity contribution >= 4 is 41.9 Å². The van der Waals surface area contributed by atoms with Crippen molar-refractivity contribution in [1.29, 1.82) is 0 Å². The van der Waals surface area contributed by atoms with Crippen LogP contribution in [0.3, 0.4) is 0 Å². The summed E-state index contributed by atoms with van der Waals surface area (Å²) in [6.45, 7) is 0. The summed E-state index contributed by atoms with van der Waals surface area (Å²) in [5.74, 6) is -0.896. The van der Waals surface area contributed by atoms with E-state index in [0.29, 0.717) is 16.8 Å². The van der Waals surface area contributed by atoms with E-state index in [1.165, 1.54) is 6.07 Å². The molecular weight excluding hydrogens is 475 g/mol. The highest BCUT2D eigenvalue weighted by Gasteiger charge is 2.17. The van der Waals surface area contributed by atoms with E-state index in [9.17, 15) is 12.8 Å². The Bertz CT molecular complexity index is 1070. The van der Waals surface area contributed by atoms with Crippen molar-refractivity contribution in [3.05, 3.63) is 69.5 Å². The molecule has 3 aromatic rings. The number of nitrogens with two attached hydrogens (primary N) is 1. The lowest BCUT2D eigenvalue weighted by molar-refractivity contribution is 0.568. The van der Waals surface area contributed by atoms with Gasteiger partial charge in [0.25, 0.3) is 0 Å². The highest BCUT2D eigenvalue weighted by atomic mass is 79.9. The van der Waals surface area contributed by atoms with Gasteiger partial charge in [-0.1, -0.05) is 18.2 Å². The summed E-state index contributed by atoms with van der Waals surface area (Å²) in [7, 11) is -4.11. The lowest BCUT2D eigenvalue weighted by Crippen LogP contribution is -2.13. The molecule has 4 nitrogen and oxygen atoms in total. The Balaban J connectivity index is 2.16. The van der Waals surface area contributed by atoms with Gasteiger partial charge in [0.15, 0.2) is 0 Å². The highest BCUT2D eigenvalue weighted by molar-refractivity contribution is 9.13. The molecule has 128 valence electrons. The minimum atomic E-state index is -4.11. The fourth-order valence-electron chi connectivity index (χ4n) is 2.41. The van der Waals surface area contributed by atoms with Crippen molar-refractivity contribution in [2.75, 3.05) is 0 Å². The van der Waals surface area contributed by atoms with E-state index < -0.39 is 20.7 Å². The average molecular weight is 486 g/mol. The monoisotopic (exact) mass is 484 g/mol. The molecule has 0 radical (unpaired) electrons. The summed E-state index contributed by atoms with van der Waals surface area (Å²) < 4.78 is 38.7. The van der Waals surface area contributed by atoms with Gasteiger partial charge in [0, 0.05) is 26.3 Å². The standard InChI is InChI=1S/C17H11Br2FN2O2S/c18-13-5-3-11(8-14(13)19)17-12(2-1-7-22-17)10-4-6-16(15(20)9-10)25(21,23)24/h1-9H,(H2,21,23,24). The number of aromatic nitrogens is 1. The summed E-state index contributed by atoms with van der Waals surface area (Å²) in [5.41, 5.74) is 2.67. The molecule has 0 atom stereocenters. The molecule has 2 aromatic carbocycles. The van der Waals surface area contributed by atoms with Crippen LogP contribution in [0.15, 0.2) is 68.6 Å². The smallest absolute Gasteiger partial charge is 0.240 e. The second-order valence-corrected chi connectivity index (χ2v) is 8.46. The van der Waals surface area contributed by atoms with Gasteiger partial charge >= 0.3 is 0 Å². The van der Waals surface area contributed by atoms with Crippen LogP contribution in [0.4, 0.5) is 4.39 Å². The zero-order valence-corrected chi connectivity index (χ0v) is 16.6. The molecular formula is C17H11Br2FN2O2S. The first-order valence-corrected chi connectivity index (χ1v) is 10.1. The summed E-state index contributed by atoms with van der Waals surface area (Å²) in [4.78, 5) is 3.86. The van der Waals surface area contributed by atoms with Crippen molar-refractivity contribution in [2.45, 2.75) is 4.90 Å². The molecule has 0 bridgehead atoms. The van der Waals surface area contributed by atoms with E-state index in [1.807, 2.05) is 18.2 Å². The normalized spacial score (nSPS) is 11.5. The first-order valence-electron chi connectivity index (χ1n) is 7.00. The summed E-state index contributed by atoms with van der Waals surface area (Å²) in [5, 5.41) is 5.01. The molecule has 0 aliphatic heterocycles. The first-order chi connectivity index (χ1) is 11.8. The average Bonchev–Trinajstić information content (AvgIpc) is 2.56. The maximum absolute atomic E-state index is 14.2. The largest absolute Gasteiger partial charge is 0.256 e. The number of primary sulfonamides is 1. The van der Waals surface area contributed by atoms with Crippen LogP contribution < -0.4 is 5.14 Å². The summed E-state index contributed by atoms with van der Waals surface area (Å²) in [6.07, 6.45) is 1.64. The number of hydrogen-bond acceptors (Lipinski definition) is 3. The van der Waals surface area contributed by atoms with Crippen LogP contribution in [0.25, 0.3) is 22.4 Å². The van der Waals surface area contributed by atoms with E-state index in [0.717, 1.165) is 26.6 Å². The zero-order chi connectivity index (χ0) is 18.2. The Labute approximate surface area is 161 Å². The molecule has 0 aliphatic carbocycles. The van der Waals surface area contributed by atoms with Crippen LogP contribution in [0.2, 0.25) is 0 Å². The molecule has 0 unspecified atom stereocenters. The SMILES string of the molecule is NS(=O)(=O)c1ccc(-c2cccnc2-c2ccc(Br)c(Br)c2)cc1F. The molecule has 25 heavy (non-hydrogen) atoms. The molecule has 0 saturated heterocycles. The Morgan fingerprint density at radius 2 is 1.68 bits per heavy atom. The predicted molar refractivity (Wildman–Crippen MR) is 102 cm³/mol. The Morgan fingerprint density at radius 3 is 2.32 bits per heavy atom. The van der Waals surface area contributed by atoms with Crippen LogP contribution in [0.5, 0.6) is 0 Å². The molecule has 0 fully saturated rings. The fraction of sp³-hybridized carbons (Fsp3) is 0. The Morgan fingerprint density at radius 1 is 0.960 bits per heavy atom. The lowest BCUT2D eigenvalue weighted by Gasteiger charge is -2.11. The molecule has 0 spiro atoms. The fourth-order valence-corrected chi connectivity index (χ4v) is 3.62. The van der Waals surface area contributed by atoms with Crippen LogP contribution in [0.1, 0.15) is 0 Å². The van der Waals surface area contributed by atoms with E-state index in [1.54, 1.807) is 18.3 Å². The quantitative estimate of drug-likeness (QED) is 0.582. The number of hydrogen-bond donors (Lipinski definition) is 1. The van der Waals surface area contributed by atoms with Crippen molar-refractivity contribution < 1.29 is 12.8 Å². The van der Waals surface area contributed by atoms with Crippen LogP contribution in [-0.4, -0.2) is 13.4 Å². The Kier molecular flexibility index (Phi) is 5.06. The van der Waals surface area contributed by atoms with Crippen LogP contribution in [-0.2, 0) is 10.0 Å². The number of rotatable bonds is 3. The van der Waals surface area contributed by atoms with E-state index in [2.05, 4.69) is 36.8 Å². The summed E-state index contributed by atoms with van der Waals surface area (Å²) in [6, 6.07) is 13.0. The van der Waals surface area contributed by atoms with Crippen molar-refractivity contribution in [1.82, 2.24) is 4.98 Å². The van der Waals surface area contributed by atoms with Crippen molar-refractivity contribution in [3.8, 4) is 22.4 Å². The van der Waals surface area contributed by atoms with Gasteiger partial charge in [0.2, 0.25) is 10.0 Å². The second-order valence-electron chi connectivity index (χ2n) is 5.22. The molecule has 0 saturated carbocycles. The summed E-state index contributed by atoms with van der Waals surface area (Å²) >= 11 is 6.87. The molecule has 0 aliphatic rings. The zero-order valence-electron chi connectivity index (χ0n) is 12.6. The van der Waals surface area contributed by atoms with E-state index in [4.69, 9.17) is 5.14 Å². The third-order valence-electron chi connectivity index (χ3n) is 3.55. The van der Waals surface area contributed by atoms with E-state index in [-0.39, 0.29) is 0 Å². The predicted octanol–water partition coefficient (Wildman–Crippen LogP) is 4.73. The van der Waals surface area contributed by atoms with Gasteiger partial charge in [0.1, 0.15) is 10.7 Å². The van der Waals surface area contributed by atoms with Gasteiger partial charge in [-0.05, 0) is 67.8 Å². The number of nitrogens with zero attached hydrogens (tertiary/aromatic N) is 1. The van der Waals surface area contributed by atoms with Crippen molar-refractivity contribution in [3.63, 3.8) is 0 Å². The highest BCUT2D eigenvalue weighted by Crippen LogP contribution is 2.34. The second kappa shape index (κ2) is 6.95. The third-order valence-corrected chi connectivity index (χ3v) is 6.37. The number of sulfonamides is 1. The minimum Gasteiger partial charge on any atom is -0.256 e. The maximum atomic E-state index is 14.2. The molecule has 8 heteroatoms. The van der Waals surface area contributed by atoms with Gasteiger partial charge in [-0.15, -0.1) is 0 Å². The molecule has 3 rings (SSSR count). The van der Waals surface area contributed by atoms with Gasteiger partial charge in [-0.2, -0.15) is 0 Å². The van der Waals surface area contributed by atoms with Gasteiger partial charge in [0.05, 0.1) is 5.69 Å². The topological polar surface area (TPSA) is 73.1 Å². The number of halogens is 3. The van der Waals surface area contributed by atoms with Crippen LogP contribution in [0, 0.1) is 5.82 Å². The number of pyridine rings is 1. The Hall–Kier alpha value is -1.61. The van der Waals surface area contributed by atoms with Gasteiger partial charge in [-0.3, -0.25) is 4.98 Å². The minimum absolute atomic E-state index is 0.507. The van der Waals surface area contributed by atoms with Crippen molar-refractivity contribution in [2.24, 2.45) is 5.14 Å². The molecule has 0 amide bonds. The van der Waals surface area contributed by atoms with Gasteiger partial charge < -0.3 is 0 Å². The lowest BCUT2D eigenvalue weighted by atomic mass is 9.99. The molecule has 1 aromatic heterocycles. The van der Waals surface area contributed by atoms with Crippen LogP contribution >= 0.6 is 31.9 Å².